The van der Waals surface area contributed by atoms with Crippen LogP contribution in [-0.2, 0) is 4.79 Å². The van der Waals surface area contributed by atoms with Crippen molar-refractivity contribution in [2.45, 2.75) is 26.3 Å². The van der Waals surface area contributed by atoms with E-state index in [2.05, 4.69) is 39.3 Å². The SMILES string of the molecule is CCN(CC)C1CCN(C(=NC)NCCN2C(=O)CNC2=O)C1. The molecule has 2 aliphatic heterocycles. The molecular weight excluding hydrogens is 296 g/mol. The lowest BCUT2D eigenvalue weighted by Gasteiger charge is -2.27. The van der Waals surface area contributed by atoms with Crippen molar-refractivity contribution in [3.8, 4) is 0 Å². The number of imide groups is 1. The van der Waals surface area contributed by atoms with Gasteiger partial charge in [-0.3, -0.25) is 19.6 Å². The van der Waals surface area contributed by atoms with E-state index in [9.17, 15) is 9.59 Å². The fourth-order valence-corrected chi connectivity index (χ4v) is 3.27. The molecule has 0 bridgehead atoms. The number of nitrogens with zero attached hydrogens (tertiary/aromatic N) is 4. The molecule has 130 valence electrons. The molecule has 0 aromatic rings. The third-order valence-corrected chi connectivity index (χ3v) is 4.56. The summed E-state index contributed by atoms with van der Waals surface area (Å²) >= 11 is 0. The Morgan fingerprint density at radius 1 is 1.39 bits per heavy atom. The van der Waals surface area contributed by atoms with Gasteiger partial charge in [0, 0.05) is 39.3 Å². The molecule has 8 nitrogen and oxygen atoms in total. The van der Waals surface area contributed by atoms with Crippen molar-refractivity contribution in [1.82, 2.24) is 25.3 Å². The second-order valence-corrected chi connectivity index (χ2v) is 5.79. The summed E-state index contributed by atoms with van der Waals surface area (Å²) in [5.74, 6) is 0.668. The van der Waals surface area contributed by atoms with Gasteiger partial charge in [-0.2, -0.15) is 0 Å². The maximum atomic E-state index is 11.5. The summed E-state index contributed by atoms with van der Waals surface area (Å²) in [6.07, 6.45) is 1.13. The lowest BCUT2D eigenvalue weighted by Crippen LogP contribution is -2.46. The average Bonchev–Trinajstić information content (AvgIpc) is 3.14. The maximum Gasteiger partial charge on any atom is 0.324 e. The first-order chi connectivity index (χ1) is 11.1. The van der Waals surface area contributed by atoms with Gasteiger partial charge < -0.3 is 15.5 Å². The molecule has 2 aliphatic rings. The van der Waals surface area contributed by atoms with Crippen LogP contribution in [0.4, 0.5) is 4.79 Å². The Labute approximate surface area is 137 Å². The van der Waals surface area contributed by atoms with E-state index in [1.54, 1.807) is 7.05 Å². The van der Waals surface area contributed by atoms with Crippen LogP contribution in [0.25, 0.3) is 0 Å². The number of hydrogen-bond donors (Lipinski definition) is 2. The summed E-state index contributed by atoms with van der Waals surface area (Å²) in [6.45, 7) is 9.42. The highest BCUT2D eigenvalue weighted by Crippen LogP contribution is 2.15. The highest BCUT2D eigenvalue weighted by atomic mass is 16.2. The van der Waals surface area contributed by atoms with E-state index in [-0.39, 0.29) is 18.5 Å². The minimum absolute atomic E-state index is 0.102. The second kappa shape index (κ2) is 8.14. The Balaban J connectivity index is 1.80. The molecule has 1 unspecified atom stereocenters. The summed E-state index contributed by atoms with van der Waals surface area (Å²) in [7, 11) is 1.76. The fraction of sp³-hybridized carbons (Fsp3) is 0.800. The Hall–Kier alpha value is -1.83. The molecule has 2 heterocycles. The standard InChI is InChI=1S/C15H28N6O2/c1-4-19(5-2)12-6-8-20(11-12)14(16-3)17-7-9-21-13(22)10-18-15(21)23/h12H,4-11H2,1-3H3,(H,16,17)(H,18,23). The van der Waals surface area contributed by atoms with Crippen molar-refractivity contribution in [2.24, 2.45) is 4.99 Å². The highest BCUT2D eigenvalue weighted by molar-refractivity contribution is 6.01. The van der Waals surface area contributed by atoms with Gasteiger partial charge in [-0.15, -0.1) is 0 Å². The predicted octanol–water partition coefficient (Wildman–Crippen LogP) is -0.470. The first-order valence-corrected chi connectivity index (χ1v) is 8.38. The number of hydrogen-bond acceptors (Lipinski definition) is 4. The van der Waals surface area contributed by atoms with Gasteiger partial charge in [0.2, 0.25) is 5.91 Å². The Bertz CT molecular complexity index is 447. The molecule has 3 amide bonds. The second-order valence-electron chi connectivity index (χ2n) is 5.79. The van der Waals surface area contributed by atoms with Crippen molar-refractivity contribution in [3.63, 3.8) is 0 Å². The molecule has 0 saturated carbocycles. The van der Waals surface area contributed by atoms with Crippen LogP contribution >= 0.6 is 0 Å². The molecule has 2 N–H and O–H groups in total. The molecule has 2 saturated heterocycles. The van der Waals surface area contributed by atoms with Crippen LogP contribution in [0.15, 0.2) is 4.99 Å². The maximum absolute atomic E-state index is 11.5. The topological polar surface area (TPSA) is 80.3 Å². The summed E-state index contributed by atoms with van der Waals surface area (Å²) in [4.78, 5) is 33.3. The summed E-state index contributed by atoms with van der Waals surface area (Å²) < 4.78 is 0. The number of carbonyl (C=O) groups is 2. The number of likely N-dealkylation sites (tertiary alicyclic amines) is 1. The van der Waals surface area contributed by atoms with Crippen LogP contribution < -0.4 is 10.6 Å². The van der Waals surface area contributed by atoms with Gasteiger partial charge in [0.05, 0.1) is 6.54 Å². The van der Waals surface area contributed by atoms with Crippen molar-refractivity contribution in [1.29, 1.82) is 0 Å². The summed E-state index contributed by atoms with van der Waals surface area (Å²) in [5.41, 5.74) is 0. The molecule has 2 fully saturated rings. The van der Waals surface area contributed by atoms with Crippen molar-refractivity contribution in [3.05, 3.63) is 0 Å². The van der Waals surface area contributed by atoms with E-state index in [0.717, 1.165) is 38.6 Å². The van der Waals surface area contributed by atoms with Gasteiger partial charge in [-0.1, -0.05) is 13.8 Å². The van der Waals surface area contributed by atoms with Gasteiger partial charge in [0.25, 0.3) is 0 Å². The third kappa shape index (κ3) is 4.13. The fourth-order valence-electron chi connectivity index (χ4n) is 3.27. The van der Waals surface area contributed by atoms with Crippen LogP contribution in [0.2, 0.25) is 0 Å². The number of carbonyl (C=O) groups excluding carboxylic acids is 2. The van der Waals surface area contributed by atoms with Crippen LogP contribution in [0, 0.1) is 0 Å². The Morgan fingerprint density at radius 3 is 2.70 bits per heavy atom. The number of aliphatic imine (C=N–C) groups is 1. The van der Waals surface area contributed by atoms with Gasteiger partial charge in [-0.25, -0.2) is 4.79 Å². The summed E-state index contributed by atoms with van der Waals surface area (Å²) in [6, 6.07) is 0.254. The van der Waals surface area contributed by atoms with E-state index in [1.165, 1.54) is 4.90 Å². The van der Waals surface area contributed by atoms with Crippen LogP contribution in [-0.4, -0.2) is 91.5 Å². The lowest BCUT2D eigenvalue weighted by molar-refractivity contribution is -0.124. The minimum atomic E-state index is -0.311. The van der Waals surface area contributed by atoms with E-state index < -0.39 is 0 Å². The minimum Gasteiger partial charge on any atom is -0.354 e. The molecule has 1 atom stereocenters. The molecule has 0 aromatic heterocycles. The highest BCUT2D eigenvalue weighted by Gasteiger charge is 2.29. The molecular formula is C15H28N6O2. The quantitative estimate of drug-likeness (QED) is 0.392. The van der Waals surface area contributed by atoms with E-state index in [1.807, 2.05) is 0 Å². The van der Waals surface area contributed by atoms with E-state index >= 15 is 0 Å². The zero-order chi connectivity index (χ0) is 16.8. The molecule has 0 aromatic carbocycles. The van der Waals surface area contributed by atoms with Gasteiger partial charge in [-0.05, 0) is 19.5 Å². The lowest BCUT2D eigenvalue weighted by atomic mass is 10.2. The number of amides is 3. The largest absolute Gasteiger partial charge is 0.354 e. The number of likely N-dealkylation sites (N-methyl/N-ethyl adjacent to an activating group) is 1. The molecule has 0 aliphatic carbocycles. The molecule has 0 spiro atoms. The van der Waals surface area contributed by atoms with Gasteiger partial charge >= 0.3 is 6.03 Å². The predicted molar refractivity (Wildman–Crippen MR) is 89.4 cm³/mol. The van der Waals surface area contributed by atoms with E-state index in [0.29, 0.717) is 19.1 Å². The van der Waals surface area contributed by atoms with Crippen molar-refractivity contribution >= 4 is 17.9 Å². The smallest absolute Gasteiger partial charge is 0.324 e. The molecule has 2 rings (SSSR count). The third-order valence-electron chi connectivity index (χ3n) is 4.56. The van der Waals surface area contributed by atoms with E-state index in [4.69, 9.17) is 0 Å². The zero-order valence-corrected chi connectivity index (χ0v) is 14.3. The normalized spacial score (nSPS) is 22.3. The van der Waals surface area contributed by atoms with Crippen molar-refractivity contribution < 1.29 is 9.59 Å². The number of urea groups is 1. The first kappa shape index (κ1) is 17.5. The number of rotatable bonds is 6. The van der Waals surface area contributed by atoms with Gasteiger partial charge in [0.15, 0.2) is 5.96 Å². The van der Waals surface area contributed by atoms with Crippen LogP contribution in [0.1, 0.15) is 20.3 Å². The molecule has 0 radical (unpaired) electrons. The monoisotopic (exact) mass is 324 g/mol. The Kier molecular flexibility index (Phi) is 6.20. The summed E-state index contributed by atoms with van der Waals surface area (Å²) in [5, 5.41) is 5.78. The van der Waals surface area contributed by atoms with Crippen LogP contribution in [0.5, 0.6) is 0 Å². The number of guanidine groups is 1. The molecule has 8 heteroatoms. The van der Waals surface area contributed by atoms with Crippen molar-refractivity contribution in [2.75, 3.05) is 52.9 Å². The molecule has 23 heavy (non-hydrogen) atoms. The van der Waals surface area contributed by atoms with Crippen LogP contribution in [0.3, 0.4) is 0 Å². The Morgan fingerprint density at radius 2 is 2.13 bits per heavy atom. The first-order valence-electron chi connectivity index (χ1n) is 8.38. The number of nitrogens with one attached hydrogen (secondary N) is 2. The zero-order valence-electron chi connectivity index (χ0n) is 14.3. The average molecular weight is 324 g/mol. The van der Waals surface area contributed by atoms with Gasteiger partial charge in [0.1, 0.15) is 0 Å².